The quantitative estimate of drug-likeness (QED) is 0.310. The Morgan fingerprint density at radius 2 is 1.19 bits per heavy atom. The van der Waals surface area contributed by atoms with Gasteiger partial charge in [0.25, 0.3) is 11.8 Å². The Labute approximate surface area is 253 Å². The summed E-state index contributed by atoms with van der Waals surface area (Å²) in [6.07, 6.45) is 0.753. The molecule has 0 N–H and O–H groups in total. The van der Waals surface area contributed by atoms with Crippen LogP contribution in [0.25, 0.3) is 0 Å². The predicted octanol–water partition coefficient (Wildman–Crippen LogP) is 4.90. The van der Waals surface area contributed by atoms with Gasteiger partial charge in [0.05, 0.1) is 59.8 Å². The summed E-state index contributed by atoms with van der Waals surface area (Å²) >= 11 is 0. The largest absolute Gasteiger partial charge is 0.493 e. The standard InChI is InChI=1S/C33H40N2O8/c1-8-22(21-12-10-9-11-13-21)25-20-34(32(36)23-14-16-26(38-2)30(42-6)28(23)40-4)18-19-35(25)33(37)24-15-17-27(39-3)31(43-7)29(24)41-5/h9-17,22,25H,8,18-20H2,1-7H3. The Kier molecular flexibility index (Phi) is 10.2. The molecule has 10 heteroatoms. The zero-order valence-corrected chi connectivity index (χ0v) is 25.8. The van der Waals surface area contributed by atoms with E-state index in [0.717, 1.165) is 12.0 Å². The molecule has 2 unspecified atom stereocenters. The number of rotatable bonds is 11. The summed E-state index contributed by atoms with van der Waals surface area (Å²) in [6, 6.07) is 16.5. The number of carbonyl (C=O) groups is 2. The highest BCUT2D eigenvalue weighted by Crippen LogP contribution is 2.42. The minimum absolute atomic E-state index is 0.0424. The molecule has 1 fully saturated rings. The molecule has 4 rings (SSSR count). The number of ether oxygens (including phenoxy) is 6. The van der Waals surface area contributed by atoms with Gasteiger partial charge in [0.2, 0.25) is 11.5 Å². The Hall–Kier alpha value is -4.60. The van der Waals surface area contributed by atoms with Gasteiger partial charge in [-0.25, -0.2) is 0 Å². The highest BCUT2D eigenvalue weighted by molar-refractivity contribution is 6.00. The van der Waals surface area contributed by atoms with E-state index in [1.165, 1.54) is 42.7 Å². The van der Waals surface area contributed by atoms with Crippen LogP contribution in [0.4, 0.5) is 0 Å². The number of hydrogen-bond donors (Lipinski definition) is 0. The highest BCUT2D eigenvalue weighted by atomic mass is 16.5. The molecule has 0 spiro atoms. The van der Waals surface area contributed by atoms with Gasteiger partial charge >= 0.3 is 0 Å². The van der Waals surface area contributed by atoms with E-state index in [1.807, 2.05) is 23.1 Å². The number of nitrogens with zero attached hydrogens (tertiary/aromatic N) is 2. The number of amides is 2. The van der Waals surface area contributed by atoms with Crippen LogP contribution in [0, 0.1) is 0 Å². The van der Waals surface area contributed by atoms with E-state index in [2.05, 4.69) is 19.1 Å². The first kappa shape index (κ1) is 31.3. The highest BCUT2D eigenvalue weighted by Gasteiger charge is 2.40. The van der Waals surface area contributed by atoms with Gasteiger partial charge in [-0.1, -0.05) is 37.3 Å². The second kappa shape index (κ2) is 14.0. The lowest BCUT2D eigenvalue weighted by Crippen LogP contribution is -2.58. The van der Waals surface area contributed by atoms with Crippen LogP contribution in [0.3, 0.4) is 0 Å². The van der Waals surface area contributed by atoms with Crippen molar-refractivity contribution in [2.45, 2.75) is 25.3 Å². The Balaban J connectivity index is 1.76. The number of carbonyl (C=O) groups excluding carboxylic acids is 2. The molecular weight excluding hydrogens is 552 g/mol. The molecule has 2 amide bonds. The van der Waals surface area contributed by atoms with Crippen molar-refractivity contribution in [1.29, 1.82) is 0 Å². The smallest absolute Gasteiger partial charge is 0.258 e. The summed E-state index contributed by atoms with van der Waals surface area (Å²) in [7, 11) is 9.06. The molecule has 1 aliphatic heterocycles. The lowest BCUT2D eigenvalue weighted by molar-refractivity contribution is 0.0329. The monoisotopic (exact) mass is 592 g/mol. The molecule has 1 saturated heterocycles. The minimum atomic E-state index is -0.332. The molecule has 3 aromatic rings. The maximum Gasteiger partial charge on any atom is 0.258 e. The lowest BCUT2D eigenvalue weighted by Gasteiger charge is -2.45. The van der Waals surface area contributed by atoms with Gasteiger partial charge in [0, 0.05) is 25.6 Å². The number of piperazine rings is 1. The first-order valence-electron chi connectivity index (χ1n) is 14.1. The van der Waals surface area contributed by atoms with E-state index >= 15 is 0 Å². The van der Waals surface area contributed by atoms with Crippen molar-refractivity contribution in [3.8, 4) is 34.5 Å². The fourth-order valence-corrected chi connectivity index (χ4v) is 5.89. The van der Waals surface area contributed by atoms with Crippen molar-refractivity contribution in [2.24, 2.45) is 0 Å². The maximum absolute atomic E-state index is 14.3. The van der Waals surface area contributed by atoms with Crippen LogP contribution in [0.15, 0.2) is 54.6 Å². The van der Waals surface area contributed by atoms with Crippen LogP contribution < -0.4 is 28.4 Å². The molecule has 43 heavy (non-hydrogen) atoms. The van der Waals surface area contributed by atoms with Gasteiger partial charge in [-0.3, -0.25) is 9.59 Å². The summed E-state index contributed by atoms with van der Waals surface area (Å²) in [4.78, 5) is 32.0. The summed E-state index contributed by atoms with van der Waals surface area (Å²) in [5.74, 6) is 1.73. The second-order valence-corrected chi connectivity index (χ2v) is 10.0. The zero-order valence-electron chi connectivity index (χ0n) is 25.8. The van der Waals surface area contributed by atoms with E-state index in [9.17, 15) is 9.59 Å². The first-order valence-corrected chi connectivity index (χ1v) is 14.1. The molecule has 0 saturated carbocycles. The molecule has 0 bridgehead atoms. The molecule has 0 aliphatic carbocycles. The van der Waals surface area contributed by atoms with Gasteiger partial charge in [0.15, 0.2) is 23.0 Å². The van der Waals surface area contributed by atoms with Crippen LogP contribution in [-0.2, 0) is 0 Å². The Morgan fingerprint density at radius 1 is 0.674 bits per heavy atom. The average molecular weight is 593 g/mol. The van der Waals surface area contributed by atoms with Crippen LogP contribution >= 0.6 is 0 Å². The maximum atomic E-state index is 14.3. The van der Waals surface area contributed by atoms with Crippen LogP contribution in [0.2, 0.25) is 0 Å². The molecule has 1 heterocycles. The average Bonchev–Trinajstić information content (AvgIpc) is 3.06. The molecule has 0 aromatic heterocycles. The van der Waals surface area contributed by atoms with Crippen molar-refractivity contribution in [3.63, 3.8) is 0 Å². The van der Waals surface area contributed by atoms with E-state index in [1.54, 1.807) is 29.2 Å². The molecule has 230 valence electrons. The Morgan fingerprint density at radius 3 is 1.65 bits per heavy atom. The van der Waals surface area contributed by atoms with Crippen LogP contribution in [0.1, 0.15) is 45.5 Å². The van der Waals surface area contributed by atoms with Gasteiger partial charge < -0.3 is 38.2 Å². The molecule has 2 atom stereocenters. The fraction of sp³-hybridized carbons (Fsp3) is 0.394. The zero-order chi connectivity index (χ0) is 31.1. The van der Waals surface area contributed by atoms with Crippen molar-refractivity contribution in [3.05, 3.63) is 71.3 Å². The van der Waals surface area contributed by atoms with Crippen molar-refractivity contribution in [1.82, 2.24) is 9.80 Å². The van der Waals surface area contributed by atoms with Gasteiger partial charge in [-0.05, 0) is 36.2 Å². The molecule has 1 aliphatic rings. The SMILES string of the molecule is CCC(c1ccccc1)C1CN(C(=O)c2ccc(OC)c(OC)c2OC)CCN1C(=O)c1ccc(OC)c(OC)c1OC. The van der Waals surface area contributed by atoms with Crippen LogP contribution in [-0.4, -0.2) is 89.9 Å². The molecule has 3 aromatic carbocycles. The predicted molar refractivity (Wildman–Crippen MR) is 162 cm³/mol. The summed E-state index contributed by atoms with van der Waals surface area (Å²) < 4.78 is 33.2. The van der Waals surface area contributed by atoms with E-state index in [-0.39, 0.29) is 23.8 Å². The number of benzene rings is 3. The third kappa shape index (κ3) is 6.00. The third-order valence-electron chi connectivity index (χ3n) is 7.97. The van der Waals surface area contributed by atoms with Gasteiger partial charge in [0.1, 0.15) is 0 Å². The van der Waals surface area contributed by atoms with Crippen molar-refractivity contribution >= 4 is 11.8 Å². The summed E-state index contributed by atoms with van der Waals surface area (Å²) in [5.41, 5.74) is 1.80. The number of methoxy groups -OCH3 is 6. The van der Waals surface area contributed by atoms with Crippen molar-refractivity contribution in [2.75, 3.05) is 62.3 Å². The first-order chi connectivity index (χ1) is 20.9. The van der Waals surface area contributed by atoms with Crippen molar-refractivity contribution < 1.29 is 38.0 Å². The van der Waals surface area contributed by atoms with E-state index < -0.39 is 0 Å². The Bertz CT molecular complexity index is 1430. The normalized spacial score (nSPS) is 15.4. The topological polar surface area (TPSA) is 96.0 Å². The van der Waals surface area contributed by atoms with Gasteiger partial charge in [-0.2, -0.15) is 0 Å². The van der Waals surface area contributed by atoms with E-state index in [4.69, 9.17) is 28.4 Å². The molecular formula is C33H40N2O8. The summed E-state index contributed by atoms with van der Waals surface area (Å²) in [5, 5.41) is 0. The lowest BCUT2D eigenvalue weighted by atomic mass is 9.86. The third-order valence-corrected chi connectivity index (χ3v) is 7.97. The minimum Gasteiger partial charge on any atom is -0.493 e. The van der Waals surface area contributed by atoms with Crippen LogP contribution in [0.5, 0.6) is 34.5 Å². The fourth-order valence-electron chi connectivity index (χ4n) is 5.89. The number of hydrogen-bond acceptors (Lipinski definition) is 8. The second-order valence-electron chi connectivity index (χ2n) is 10.0. The molecule has 10 nitrogen and oxygen atoms in total. The van der Waals surface area contributed by atoms with E-state index in [0.29, 0.717) is 65.3 Å². The van der Waals surface area contributed by atoms with Gasteiger partial charge in [-0.15, -0.1) is 0 Å². The molecule has 0 radical (unpaired) electrons. The summed E-state index contributed by atoms with van der Waals surface area (Å²) in [6.45, 7) is 3.03.